The molecule has 5 heteroatoms. The van der Waals surface area contributed by atoms with E-state index in [0.717, 1.165) is 49.8 Å². The van der Waals surface area contributed by atoms with Crippen LogP contribution >= 0.6 is 0 Å². The Morgan fingerprint density at radius 3 is 2.56 bits per heavy atom. The fraction of sp³-hybridized carbons (Fsp3) is 0.400. The van der Waals surface area contributed by atoms with Gasteiger partial charge in [-0.3, -0.25) is 0 Å². The number of anilines is 2. The van der Waals surface area contributed by atoms with Gasteiger partial charge in [-0.15, -0.1) is 0 Å². The van der Waals surface area contributed by atoms with Gasteiger partial charge in [-0.05, 0) is 42.8 Å². The van der Waals surface area contributed by atoms with Crippen LogP contribution in [0.5, 0.6) is 5.75 Å². The molecule has 1 aliphatic rings. The Kier molecular flexibility index (Phi) is 6.14. The van der Waals surface area contributed by atoms with Crippen LogP contribution in [0.1, 0.15) is 18.1 Å². The monoisotopic (exact) mass is 342 g/mol. The number of morpholine rings is 1. The van der Waals surface area contributed by atoms with E-state index >= 15 is 0 Å². The molecule has 1 fully saturated rings. The van der Waals surface area contributed by atoms with Crippen molar-refractivity contribution in [2.24, 2.45) is 0 Å². The second-order valence-corrected chi connectivity index (χ2v) is 6.03. The molecule has 0 bridgehead atoms. The first-order valence-corrected chi connectivity index (χ1v) is 8.82. The van der Waals surface area contributed by atoms with Crippen LogP contribution in [0, 0.1) is 0 Å². The highest BCUT2D eigenvalue weighted by atomic mass is 16.5. The standard InChI is InChI=1S/C20H26N2O3/c1-2-25-20-8-5-18(13-17(20)15-23)21-14-16-3-6-19(7-4-16)22-9-11-24-12-10-22/h3-8,13,21,23H,2,9-12,14-15H2,1H3. The van der Waals surface area contributed by atoms with E-state index in [0.29, 0.717) is 6.61 Å². The zero-order valence-electron chi connectivity index (χ0n) is 14.7. The number of aliphatic hydroxyl groups excluding tert-OH is 1. The number of ether oxygens (including phenoxy) is 2. The number of nitrogens with one attached hydrogen (secondary N) is 1. The first-order valence-electron chi connectivity index (χ1n) is 8.82. The molecular formula is C20H26N2O3. The number of benzene rings is 2. The molecule has 0 aliphatic carbocycles. The molecule has 0 amide bonds. The lowest BCUT2D eigenvalue weighted by atomic mass is 10.1. The van der Waals surface area contributed by atoms with Crippen molar-refractivity contribution in [1.82, 2.24) is 0 Å². The number of aliphatic hydroxyl groups is 1. The molecule has 0 radical (unpaired) electrons. The summed E-state index contributed by atoms with van der Waals surface area (Å²) in [6.07, 6.45) is 0. The predicted molar refractivity (Wildman–Crippen MR) is 100 cm³/mol. The highest BCUT2D eigenvalue weighted by molar-refractivity contribution is 5.52. The molecule has 1 aliphatic heterocycles. The van der Waals surface area contributed by atoms with Gasteiger partial charge in [0, 0.05) is 36.6 Å². The van der Waals surface area contributed by atoms with Crippen LogP contribution < -0.4 is 15.0 Å². The Bertz CT molecular complexity index is 667. The zero-order valence-corrected chi connectivity index (χ0v) is 14.7. The van der Waals surface area contributed by atoms with Gasteiger partial charge in [-0.25, -0.2) is 0 Å². The van der Waals surface area contributed by atoms with Crippen molar-refractivity contribution in [1.29, 1.82) is 0 Å². The SMILES string of the molecule is CCOc1ccc(NCc2ccc(N3CCOCC3)cc2)cc1CO. The summed E-state index contributed by atoms with van der Waals surface area (Å²) in [4.78, 5) is 2.35. The van der Waals surface area contributed by atoms with Gasteiger partial charge in [0.05, 0.1) is 26.4 Å². The van der Waals surface area contributed by atoms with Gasteiger partial charge < -0.3 is 24.8 Å². The average Bonchev–Trinajstić information content (AvgIpc) is 2.68. The van der Waals surface area contributed by atoms with Gasteiger partial charge in [0.25, 0.3) is 0 Å². The summed E-state index contributed by atoms with van der Waals surface area (Å²) in [6.45, 7) is 6.74. The molecule has 2 aromatic rings. The van der Waals surface area contributed by atoms with Crippen molar-refractivity contribution in [2.75, 3.05) is 43.1 Å². The topological polar surface area (TPSA) is 54.0 Å². The fourth-order valence-electron chi connectivity index (χ4n) is 2.96. The molecule has 0 spiro atoms. The van der Waals surface area contributed by atoms with E-state index in [9.17, 15) is 5.11 Å². The molecule has 134 valence electrons. The van der Waals surface area contributed by atoms with E-state index in [2.05, 4.69) is 34.5 Å². The third-order valence-electron chi connectivity index (χ3n) is 4.34. The van der Waals surface area contributed by atoms with Crippen LogP contribution in [0.25, 0.3) is 0 Å². The summed E-state index contributed by atoms with van der Waals surface area (Å²) in [5.41, 5.74) is 4.24. The van der Waals surface area contributed by atoms with Gasteiger partial charge >= 0.3 is 0 Å². The van der Waals surface area contributed by atoms with E-state index in [1.807, 2.05) is 25.1 Å². The van der Waals surface area contributed by atoms with Gasteiger partial charge in [0.15, 0.2) is 0 Å². The zero-order chi connectivity index (χ0) is 17.5. The Balaban J connectivity index is 1.59. The summed E-state index contributed by atoms with van der Waals surface area (Å²) in [7, 11) is 0. The molecule has 1 saturated heterocycles. The van der Waals surface area contributed by atoms with Gasteiger partial charge in [0.1, 0.15) is 5.75 Å². The molecule has 0 unspecified atom stereocenters. The maximum atomic E-state index is 9.49. The molecule has 5 nitrogen and oxygen atoms in total. The molecule has 1 heterocycles. The van der Waals surface area contributed by atoms with Crippen molar-refractivity contribution >= 4 is 11.4 Å². The highest BCUT2D eigenvalue weighted by Gasteiger charge is 2.10. The lowest BCUT2D eigenvalue weighted by molar-refractivity contribution is 0.122. The van der Waals surface area contributed by atoms with Crippen molar-refractivity contribution in [3.8, 4) is 5.75 Å². The molecule has 0 aromatic heterocycles. The Hall–Kier alpha value is -2.24. The third kappa shape index (κ3) is 4.65. The van der Waals surface area contributed by atoms with E-state index in [1.54, 1.807) is 0 Å². The summed E-state index contributed by atoms with van der Waals surface area (Å²) in [5.74, 6) is 0.741. The van der Waals surface area contributed by atoms with Crippen molar-refractivity contribution in [2.45, 2.75) is 20.1 Å². The normalized spacial score (nSPS) is 14.4. The summed E-state index contributed by atoms with van der Waals surface area (Å²) >= 11 is 0. The van der Waals surface area contributed by atoms with E-state index in [4.69, 9.17) is 9.47 Å². The first-order chi connectivity index (χ1) is 12.3. The van der Waals surface area contributed by atoms with Crippen molar-refractivity contribution in [3.05, 3.63) is 53.6 Å². The first kappa shape index (κ1) is 17.6. The van der Waals surface area contributed by atoms with Gasteiger partial charge in [-0.1, -0.05) is 12.1 Å². The molecule has 2 aromatic carbocycles. The number of rotatable bonds is 7. The largest absolute Gasteiger partial charge is 0.494 e. The smallest absolute Gasteiger partial charge is 0.124 e. The highest BCUT2D eigenvalue weighted by Crippen LogP contribution is 2.24. The van der Waals surface area contributed by atoms with Crippen LogP contribution in [0.2, 0.25) is 0 Å². The Morgan fingerprint density at radius 2 is 1.88 bits per heavy atom. The minimum absolute atomic E-state index is 0.0287. The van der Waals surface area contributed by atoms with Crippen LogP contribution in [-0.4, -0.2) is 38.0 Å². The number of nitrogens with zero attached hydrogens (tertiary/aromatic N) is 1. The molecule has 0 atom stereocenters. The molecule has 25 heavy (non-hydrogen) atoms. The minimum atomic E-state index is -0.0287. The average molecular weight is 342 g/mol. The molecular weight excluding hydrogens is 316 g/mol. The minimum Gasteiger partial charge on any atom is -0.494 e. The van der Waals surface area contributed by atoms with Crippen molar-refractivity contribution < 1.29 is 14.6 Å². The second kappa shape index (κ2) is 8.74. The molecule has 2 N–H and O–H groups in total. The van der Waals surface area contributed by atoms with Gasteiger partial charge in [0.2, 0.25) is 0 Å². The quantitative estimate of drug-likeness (QED) is 0.810. The van der Waals surface area contributed by atoms with Crippen LogP contribution in [0.15, 0.2) is 42.5 Å². The van der Waals surface area contributed by atoms with E-state index in [-0.39, 0.29) is 6.61 Å². The maximum absolute atomic E-state index is 9.49. The number of hydrogen-bond acceptors (Lipinski definition) is 5. The molecule has 3 rings (SSSR count). The van der Waals surface area contributed by atoms with Crippen LogP contribution in [0.3, 0.4) is 0 Å². The second-order valence-electron chi connectivity index (χ2n) is 6.03. The summed E-state index contributed by atoms with van der Waals surface area (Å²) < 4.78 is 10.9. The van der Waals surface area contributed by atoms with E-state index in [1.165, 1.54) is 11.3 Å². The van der Waals surface area contributed by atoms with Crippen LogP contribution in [0.4, 0.5) is 11.4 Å². The molecule has 0 saturated carbocycles. The lowest BCUT2D eigenvalue weighted by Crippen LogP contribution is -2.36. The summed E-state index contributed by atoms with van der Waals surface area (Å²) in [5, 5.41) is 12.9. The van der Waals surface area contributed by atoms with Gasteiger partial charge in [-0.2, -0.15) is 0 Å². The van der Waals surface area contributed by atoms with Crippen LogP contribution in [-0.2, 0) is 17.9 Å². The van der Waals surface area contributed by atoms with E-state index < -0.39 is 0 Å². The number of hydrogen-bond donors (Lipinski definition) is 2. The van der Waals surface area contributed by atoms with Crippen molar-refractivity contribution in [3.63, 3.8) is 0 Å². The summed E-state index contributed by atoms with van der Waals surface area (Å²) in [6, 6.07) is 14.5. The fourth-order valence-corrected chi connectivity index (χ4v) is 2.96. The maximum Gasteiger partial charge on any atom is 0.124 e. The Labute approximate surface area is 149 Å². The lowest BCUT2D eigenvalue weighted by Gasteiger charge is -2.28. The third-order valence-corrected chi connectivity index (χ3v) is 4.34. The predicted octanol–water partition coefficient (Wildman–Crippen LogP) is 3.03. The Morgan fingerprint density at radius 1 is 1.12 bits per heavy atom.